The lowest BCUT2D eigenvalue weighted by Crippen LogP contribution is -2.38. The second-order valence-corrected chi connectivity index (χ2v) is 11.4. The van der Waals surface area contributed by atoms with E-state index in [1.807, 2.05) is 0 Å². The molecule has 2 heterocycles. The van der Waals surface area contributed by atoms with Crippen LogP contribution < -0.4 is 0 Å². The Labute approximate surface area is 250 Å². The number of carbonyl (C=O) groups excluding carboxylic acids is 5. The third-order valence-corrected chi connectivity index (χ3v) is 8.28. The van der Waals surface area contributed by atoms with Crippen LogP contribution in [0.2, 0.25) is 0 Å². The second-order valence-electron chi connectivity index (χ2n) is 11.4. The van der Waals surface area contributed by atoms with Gasteiger partial charge in [-0.2, -0.15) is 0 Å². The van der Waals surface area contributed by atoms with Crippen LogP contribution >= 0.6 is 0 Å². The Bertz CT molecular complexity index is 996. The highest BCUT2D eigenvalue weighted by molar-refractivity contribution is 5.81. The third-order valence-electron chi connectivity index (χ3n) is 8.28. The van der Waals surface area contributed by atoms with Crippen molar-refractivity contribution in [3.63, 3.8) is 0 Å². The molecule has 0 amide bonds. The summed E-state index contributed by atoms with van der Waals surface area (Å²) in [6.45, 7) is 5.43. The predicted octanol–water partition coefficient (Wildman–Crippen LogP) is 2.95. The first-order valence-electron chi connectivity index (χ1n) is 15.2. The molecule has 4 fully saturated rings. The molecule has 0 radical (unpaired) electrons. The number of unbranched alkanes of at least 4 members (excludes halogenated alkanes) is 1. The summed E-state index contributed by atoms with van der Waals surface area (Å²) in [7, 11) is 0. The molecule has 2 saturated heterocycles. The zero-order chi connectivity index (χ0) is 30.8. The van der Waals surface area contributed by atoms with Gasteiger partial charge in [0, 0.05) is 13.0 Å². The van der Waals surface area contributed by atoms with Gasteiger partial charge in [0.2, 0.25) is 0 Å². The largest absolute Gasteiger partial charge is 0.508 e. The molecule has 240 valence electrons. The fraction of sp³-hybridized carbons (Fsp3) is 0.767. The summed E-state index contributed by atoms with van der Waals surface area (Å²) in [5.74, 6) is -2.01. The predicted molar refractivity (Wildman–Crippen MR) is 145 cm³/mol. The molecule has 13 nitrogen and oxygen atoms in total. The number of ether oxygens (including phenoxy) is 8. The zero-order valence-electron chi connectivity index (χ0n) is 24.6. The summed E-state index contributed by atoms with van der Waals surface area (Å²) < 4.78 is 43.4. The van der Waals surface area contributed by atoms with Crippen LogP contribution in [-0.2, 0) is 57.1 Å². The third kappa shape index (κ3) is 9.65. The van der Waals surface area contributed by atoms with Crippen molar-refractivity contribution in [2.45, 2.75) is 108 Å². The number of fused-ring (bicyclic) bond motifs is 1. The first kappa shape index (κ1) is 32.7. The van der Waals surface area contributed by atoms with Crippen LogP contribution in [0.3, 0.4) is 0 Å². The van der Waals surface area contributed by atoms with Gasteiger partial charge in [-0.25, -0.2) is 9.59 Å². The maximum atomic E-state index is 12.8. The van der Waals surface area contributed by atoms with Gasteiger partial charge in [-0.1, -0.05) is 6.58 Å². The monoisotopic (exact) mass is 610 g/mol. The molecule has 0 spiro atoms. The molecular formula is C30H42O13. The van der Waals surface area contributed by atoms with Gasteiger partial charge in [-0.3, -0.25) is 14.4 Å². The molecule has 2 saturated carbocycles. The van der Waals surface area contributed by atoms with Crippen molar-refractivity contribution in [3.05, 3.63) is 12.7 Å². The SMILES string of the molecule is C=CC(=O)OCCCCOC(=O)OC1CCC(C(=O)OC2CCC(C(=O)O[C@@H]3CO[C@H]4[C@@H]3OC[C@@H]4OC(C)=O)CC2)CC1. The lowest BCUT2D eigenvalue weighted by molar-refractivity contribution is -0.163. The van der Waals surface area contributed by atoms with Gasteiger partial charge in [0.05, 0.1) is 38.3 Å². The summed E-state index contributed by atoms with van der Waals surface area (Å²) >= 11 is 0. The van der Waals surface area contributed by atoms with Crippen molar-refractivity contribution in [2.24, 2.45) is 11.8 Å². The van der Waals surface area contributed by atoms with Gasteiger partial charge in [0.1, 0.15) is 24.4 Å². The molecule has 0 bridgehead atoms. The van der Waals surface area contributed by atoms with E-state index in [0.29, 0.717) is 64.2 Å². The Morgan fingerprint density at radius 2 is 1.16 bits per heavy atom. The Hall–Kier alpha value is -3.19. The molecule has 0 aromatic rings. The van der Waals surface area contributed by atoms with E-state index in [-0.39, 0.29) is 62.4 Å². The molecular weight excluding hydrogens is 568 g/mol. The molecule has 2 aliphatic carbocycles. The summed E-state index contributed by atoms with van der Waals surface area (Å²) in [5.41, 5.74) is 0. The van der Waals surface area contributed by atoms with E-state index in [1.54, 1.807) is 0 Å². The highest BCUT2D eigenvalue weighted by Gasteiger charge is 2.51. The maximum Gasteiger partial charge on any atom is 0.508 e. The van der Waals surface area contributed by atoms with E-state index in [2.05, 4.69) is 6.58 Å². The Kier molecular flexibility index (Phi) is 12.2. The van der Waals surface area contributed by atoms with Gasteiger partial charge >= 0.3 is 30.0 Å². The van der Waals surface area contributed by atoms with Crippen LogP contribution in [0.4, 0.5) is 4.79 Å². The Morgan fingerprint density at radius 1 is 0.674 bits per heavy atom. The highest BCUT2D eigenvalue weighted by atomic mass is 16.7. The van der Waals surface area contributed by atoms with Crippen LogP contribution in [0.15, 0.2) is 12.7 Å². The fourth-order valence-electron chi connectivity index (χ4n) is 5.94. The van der Waals surface area contributed by atoms with Crippen LogP contribution in [0, 0.1) is 11.8 Å². The molecule has 0 N–H and O–H groups in total. The molecule has 13 heteroatoms. The quantitative estimate of drug-likeness (QED) is 0.137. The van der Waals surface area contributed by atoms with Crippen molar-refractivity contribution < 1.29 is 61.9 Å². The summed E-state index contributed by atoms with van der Waals surface area (Å²) in [6, 6.07) is 0. The smallest absolute Gasteiger partial charge is 0.463 e. The number of hydrogen-bond donors (Lipinski definition) is 0. The average molecular weight is 611 g/mol. The Morgan fingerprint density at radius 3 is 1.70 bits per heavy atom. The second kappa shape index (κ2) is 16.0. The lowest BCUT2D eigenvalue weighted by Gasteiger charge is -2.31. The van der Waals surface area contributed by atoms with E-state index < -0.39 is 42.5 Å². The minimum atomic E-state index is -0.744. The van der Waals surface area contributed by atoms with Crippen molar-refractivity contribution in [1.82, 2.24) is 0 Å². The van der Waals surface area contributed by atoms with E-state index in [1.165, 1.54) is 6.92 Å². The molecule has 0 aromatic carbocycles. The minimum absolute atomic E-state index is 0.161. The van der Waals surface area contributed by atoms with Crippen LogP contribution in [0.25, 0.3) is 0 Å². The van der Waals surface area contributed by atoms with Gasteiger partial charge in [0.15, 0.2) is 12.2 Å². The maximum absolute atomic E-state index is 12.8. The fourth-order valence-corrected chi connectivity index (χ4v) is 5.94. The van der Waals surface area contributed by atoms with Crippen molar-refractivity contribution in [2.75, 3.05) is 26.4 Å². The summed E-state index contributed by atoms with van der Waals surface area (Å²) in [6.07, 6.45) is 3.39. The normalized spacial score (nSPS) is 31.7. The van der Waals surface area contributed by atoms with Gasteiger partial charge in [-0.05, 0) is 64.2 Å². The highest BCUT2D eigenvalue weighted by Crippen LogP contribution is 2.34. The molecule has 2 aliphatic heterocycles. The first-order valence-corrected chi connectivity index (χ1v) is 15.2. The number of esters is 4. The first-order chi connectivity index (χ1) is 20.7. The van der Waals surface area contributed by atoms with Crippen molar-refractivity contribution in [3.8, 4) is 0 Å². The van der Waals surface area contributed by atoms with E-state index >= 15 is 0 Å². The lowest BCUT2D eigenvalue weighted by atomic mass is 9.86. The molecule has 43 heavy (non-hydrogen) atoms. The van der Waals surface area contributed by atoms with Gasteiger partial charge in [0.25, 0.3) is 0 Å². The van der Waals surface area contributed by atoms with Gasteiger partial charge in [-0.15, -0.1) is 0 Å². The topological polar surface area (TPSA) is 159 Å². The minimum Gasteiger partial charge on any atom is -0.463 e. The summed E-state index contributed by atoms with van der Waals surface area (Å²) in [4.78, 5) is 59.8. The number of rotatable bonds is 12. The number of carbonyl (C=O) groups is 5. The average Bonchev–Trinajstić information content (AvgIpc) is 3.58. The van der Waals surface area contributed by atoms with Crippen LogP contribution in [-0.4, -0.2) is 93.1 Å². The zero-order valence-corrected chi connectivity index (χ0v) is 24.6. The molecule has 4 atom stereocenters. The van der Waals surface area contributed by atoms with E-state index in [9.17, 15) is 24.0 Å². The van der Waals surface area contributed by atoms with E-state index in [4.69, 9.17) is 37.9 Å². The standard InChI is InChI=1S/C30H42O13/c1-3-25(32)36-14-4-5-15-37-30(35)42-22-12-8-19(9-13-22)28(33)41-21-10-6-20(7-11-21)29(34)43-24-17-39-26-23(40-18(2)31)16-38-27(24)26/h3,19-24,26-27H,1,4-17H2,2H3/t19?,20?,21?,22?,23-,24+,26+,27+/m0/s1. The van der Waals surface area contributed by atoms with E-state index in [0.717, 1.165) is 6.08 Å². The summed E-state index contributed by atoms with van der Waals surface area (Å²) in [5, 5.41) is 0. The van der Waals surface area contributed by atoms with Crippen molar-refractivity contribution >= 4 is 30.0 Å². The molecule has 4 aliphatic rings. The molecule has 4 rings (SSSR count). The molecule has 0 aromatic heterocycles. The Balaban J connectivity index is 1.06. The van der Waals surface area contributed by atoms with Gasteiger partial charge < -0.3 is 37.9 Å². The number of hydrogen-bond acceptors (Lipinski definition) is 13. The van der Waals surface area contributed by atoms with Crippen LogP contribution in [0.5, 0.6) is 0 Å². The molecule has 0 unspecified atom stereocenters. The van der Waals surface area contributed by atoms with Crippen LogP contribution in [0.1, 0.15) is 71.1 Å². The van der Waals surface area contributed by atoms with Crippen molar-refractivity contribution in [1.29, 1.82) is 0 Å².